The Bertz CT molecular complexity index is 1330. The van der Waals surface area contributed by atoms with Gasteiger partial charge in [-0.2, -0.15) is 0 Å². The monoisotopic (exact) mass is 563 g/mol. The van der Waals surface area contributed by atoms with Crippen LogP contribution < -0.4 is 14.4 Å². The molecule has 1 atom stereocenters. The molecule has 3 aromatic carbocycles. The van der Waals surface area contributed by atoms with Crippen molar-refractivity contribution in [2.75, 3.05) is 24.2 Å². The van der Waals surface area contributed by atoms with Gasteiger partial charge in [0.15, 0.2) is 0 Å². The van der Waals surface area contributed by atoms with E-state index in [2.05, 4.69) is 5.32 Å². The number of para-hydroxylation sites is 1. The maximum Gasteiger partial charge on any atom is 0.244 e. The number of carbonyl (C=O) groups excluding carboxylic acids is 2. The summed E-state index contributed by atoms with van der Waals surface area (Å²) in [4.78, 5) is 27.2. The molecule has 0 saturated heterocycles. The molecule has 0 aliphatic rings. The van der Waals surface area contributed by atoms with Gasteiger partial charge in [-0.05, 0) is 55.5 Å². The van der Waals surface area contributed by atoms with Crippen LogP contribution in [0, 0.1) is 0 Å². The van der Waals surface area contributed by atoms with Crippen LogP contribution in [0.2, 0.25) is 10.0 Å². The van der Waals surface area contributed by atoms with E-state index in [1.165, 1.54) is 11.9 Å². The molecular weight excluding hydrogens is 537 g/mol. The van der Waals surface area contributed by atoms with E-state index in [1.807, 2.05) is 18.2 Å². The molecule has 3 rings (SSSR count). The number of halogens is 2. The maximum absolute atomic E-state index is 13.5. The molecule has 11 heteroatoms. The Balaban J connectivity index is 1.89. The van der Waals surface area contributed by atoms with Gasteiger partial charge in [0.25, 0.3) is 0 Å². The van der Waals surface area contributed by atoms with Crippen molar-refractivity contribution in [3.05, 3.63) is 88.4 Å². The standard InChI is InChI=1S/C26H27Cl2N3O5S/c1-18(26(33)29-2)30(16-22-23(27)10-7-11-24(22)28)25(32)17-31(37(3,34)35)19-12-14-21(15-13-19)36-20-8-5-4-6-9-20/h4-15,18H,16-17H2,1-3H3,(H,29,33). The Morgan fingerprint density at radius 3 is 2.03 bits per heavy atom. The van der Waals surface area contributed by atoms with E-state index in [0.29, 0.717) is 27.1 Å². The van der Waals surface area contributed by atoms with Crippen LogP contribution in [-0.2, 0) is 26.2 Å². The lowest BCUT2D eigenvalue weighted by molar-refractivity contribution is -0.139. The molecule has 0 aliphatic carbocycles. The number of likely N-dealkylation sites (N-methyl/N-ethyl adjacent to an activating group) is 1. The topological polar surface area (TPSA) is 96.0 Å². The lowest BCUT2D eigenvalue weighted by Crippen LogP contribution is -2.50. The quantitative estimate of drug-likeness (QED) is 0.385. The summed E-state index contributed by atoms with van der Waals surface area (Å²) in [5.74, 6) is 0.0902. The fourth-order valence-corrected chi connectivity index (χ4v) is 4.93. The predicted octanol–water partition coefficient (Wildman–Crippen LogP) is 4.72. The van der Waals surface area contributed by atoms with Gasteiger partial charge in [-0.3, -0.25) is 13.9 Å². The number of carbonyl (C=O) groups is 2. The second kappa shape index (κ2) is 12.3. The minimum atomic E-state index is -3.87. The number of nitrogens with one attached hydrogen (secondary N) is 1. The van der Waals surface area contributed by atoms with Crippen molar-refractivity contribution < 1.29 is 22.7 Å². The average Bonchev–Trinajstić information content (AvgIpc) is 2.86. The molecule has 0 aliphatic heterocycles. The van der Waals surface area contributed by atoms with Crippen LogP contribution in [0.5, 0.6) is 11.5 Å². The molecule has 0 aromatic heterocycles. The molecule has 1 unspecified atom stereocenters. The van der Waals surface area contributed by atoms with Gasteiger partial charge in [0.05, 0.1) is 11.9 Å². The van der Waals surface area contributed by atoms with Gasteiger partial charge in [0, 0.05) is 29.2 Å². The lowest BCUT2D eigenvalue weighted by Gasteiger charge is -2.31. The first-order chi connectivity index (χ1) is 17.5. The van der Waals surface area contributed by atoms with E-state index in [-0.39, 0.29) is 12.2 Å². The Morgan fingerprint density at radius 2 is 1.49 bits per heavy atom. The number of hydrogen-bond donors (Lipinski definition) is 1. The van der Waals surface area contributed by atoms with E-state index in [9.17, 15) is 18.0 Å². The third-order valence-electron chi connectivity index (χ3n) is 5.59. The highest BCUT2D eigenvalue weighted by molar-refractivity contribution is 7.92. The number of amides is 2. The van der Waals surface area contributed by atoms with Crippen LogP contribution in [0.15, 0.2) is 72.8 Å². The zero-order valence-corrected chi connectivity index (χ0v) is 22.8. The summed E-state index contributed by atoms with van der Waals surface area (Å²) in [5.41, 5.74) is 0.711. The Labute approximate surface area is 226 Å². The van der Waals surface area contributed by atoms with Crippen molar-refractivity contribution in [1.82, 2.24) is 10.2 Å². The van der Waals surface area contributed by atoms with Crippen LogP contribution >= 0.6 is 23.2 Å². The molecule has 37 heavy (non-hydrogen) atoms. The molecule has 2 amide bonds. The summed E-state index contributed by atoms with van der Waals surface area (Å²) in [6.07, 6.45) is 1.01. The molecule has 3 aromatic rings. The SMILES string of the molecule is CNC(=O)C(C)N(Cc1c(Cl)cccc1Cl)C(=O)CN(c1ccc(Oc2ccccc2)cc1)S(C)(=O)=O. The van der Waals surface area contributed by atoms with E-state index in [1.54, 1.807) is 61.5 Å². The number of rotatable bonds is 10. The second-order valence-electron chi connectivity index (χ2n) is 8.19. The van der Waals surface area contributed by atoms with Crippen molar-refractivity contribution >= 4 is 50.7 Å². The normalized spacial score (nSPS) is 11.9. The minimum absolute atomic E-state index is 0.0899. The summed E-state index contributed by atoms with van der Waals surface area (Å²) in [5, 5.41) is 3.16. The minimum Gasteiger partial charge on any atom is -0.457 e. The van der Waals surface area contributed by atoms with E-state index >= 15 is 0 Å². The van der Waals surface area contributed by atoms with Gasteiger partial charge in [-0.15, -0.1) is 0 Å². The smallest absolute Gasteiger partial charge is 0.244 e. The third kappa shape index (κ3) is 7.38. The highest BCUT2D eigenvalue weighted by atomic mass is 35.5. The molecule has 196 valence electrons. The summed E-state index contributed by atoms with van der Waals surface area (Å²) in [6.45, 7) is 0.913. The summed E-state index contributed by atoms with van der Waals surface area (Å²) in [6, 6.07) is 19.4. The van der Waals surface area contributed by atoms with Crippen LogP contribution in [0.25, 0.3) is 0 Å². The highest BCUT2D eigenvalue weighted by Crippen LogP contribution is 2.28. The zero-order valence-electron chi connectivity index (χ0n) is 20.5. The van der Waals surface area contributed by atoms with E-state index in [4.69, 9.17) is 27.9 Å². The molecule has 0 fully saturated rings. The summed E-state index contributed by atoms with van der Waals surface area (Å²) >= 11 is 12.6. The van der Waals surface area contributed by atoms with Crippen molar-refractivity contribution in [3.63, 3.8) is 0 Å². The largest absolute Gasteiger partial charge is 0.457 e. The Morgan fingerprint density at radius 1 is 0.919 bits per heavy atom. The van der Waals surface area contributed by atoms with Crippen molar-refractivity contribution in [1.29, 1.82) is 0 Å². The fourth-order valence-electron chi connectivity index (χ4n) is 3.56. The number of benzene rings is 3. The van der Waals surface area contributed by atoms with Gasteiger partial charge in [0.1, 0.15) is 24.1 Å². The number of ether oxygens (including phenoxy) is 1. The molecule has 0 spiro atoms. The maximum atomic E-state index is 13.5. The predicted molar refractivity (Wildman–Crippen MR) is 146 cm³/mol. The van der Waals surface area contributed by atoms with Gasteiger partial charge in [-0.25, -0.2) is 8.42 Å². The highest BCUT2D eigenvalue weighted by Gasteiger charge is 2.30. The van der Waals surface area contributed by atoms with E-state index in [0.717, 1.165) is 10.6 Å². The first kappa shape index (κ1) is 28.3. The fraction of sp³-hybridized carbons (Fsp3) is 0.231. The van der Waals surface area contributed by atoms with Crippen LogP contribution in [-0.4, -0.2) is 51.0 Å². The Hall–Kier alpha value is -3.27. The first-order valence-electron chi connectivity index (χ1n) is 11.3. The van der Waals surface area contributed by atoms with Crippen molar-refractivity contribution in [3.8, 4) is 11.5 Å². The summed E-state index contributed by atoms with van der Waals surface area (Å²) in [7, 11) is -2.42. The van der Waals surface area contributed by atoms with Crippen LogP contribution in [0.3, 0.4) is 0 Å². The molecule has 0 saturated carbocycles. The second-order valence-corrected chi connectivity index (χ2v) is 10.9. The van der Waals surface area contributed by atoms with Gasteiger partial charge in [0.2, 0.25) is 21.8 Å². The average molecular weight is 564 g/mol. The number of anilines is 1. The van der Waals surface area contributed by atoms with Crippen molar-refractivity contribution in [2.24, 2.45) is 0 Å². The van der Waals surface area contributed by atoms with Crippen LogP contribution in [0.1, 0.15) is 12.5 Å². The number of hydrogen-bond acceptors (Lipinski definition) is 5. The van der Waals surface area contributed by atoms with Crippen molar-refractivity contribution in [2.45, 2.75) is 19.5 Å². The van der Waals surface area contributed by atoms with Gasteiger partial charge < -0.3 is 15.0 Å². The molecule has 0 bridgehead atoms. The molecule has 0 radical (unpaired) electrons. The Kier molecular flexibility index (Phi) is 9.42. The summed E-state index contributed by atoms with van der Waals surface area (Å²) < 4.78 is 32.1. The van der Waals surface area contributed by atoms with Crippen LogP contribution in [0.4, 0.5) is 5.69 Å². The number of nitrogens with zero attached hydrogens (tertiary/aromatic N) is 2. The first-order valence-corrected chi connectivity index (χ1v) is 13.9. The number of sulfonamides is 1. The van der Waals surface area contributed by atoms with Gasteiger partial charge in [-0.1, -0.05) is 47.5 Å². The lowest BCUT2D eigenvalue weighted by atomic mass is 10.1. The van der Waals surface area contributed by atoms with Gasteiger partial charge >= 0.3 is 0 Å². The molecule has 1 N–H and O–H groups in total. The van der Waals surface area contributed by atoms with E-state index < -0.39 is 34.4 Å². The molecular formula is C26H27Cl2N3O5S. The molecule has 8 nitrogen and oxygen atoms in total. The molecule has 0 heterocycles. The third-order valence-corrected chi connectivity index (χ3v) is 7.44. The zero-order chi connectivity index (χ0) is 27.2.